The number of aromatic nitrogens is 2. The number of hydrogen-bond acceptors (Lipinski definition) is 3. The highest BCUT2D eigenvalue weighted by molar-refractivity contribution is 6.30. The fraction of sp³-hybridized carbons (Fsp3) is 0.231. The van der Waals surface area contributed by atoms with Gasteiger partial charge in [-0.25, -0.2) is 0 Å². The van der Waals surface area contributed by atoms with E-state index >= 15 is 0 Å². The summed E-state index contributed by atoms with van der Waals surface area (Å²) in [5.74, 6) is -0.302. The minimum Gasteiger partial charge on any atom is -0.406 e. The number of benzene rings is 1. The van der Waals surface area contributed by atoms with Crippen molar-refractivity contribution in [1.82, 2.24) is 10.2 Å². The Morgan fingerprint density at radius 3 is 2.45 bits per heavy atom. The quantitative estimate of drug-likeness (QED) is 0.829. The summed E-state index contributed by atoms with van der Waals surface area (Å²) in [6.07, 6.45) is -4.73. The molecule has 0 saturated carbocycles. The van der Waals surface area contributed by atoms with Gasteiger partial charge in [0.1, 0.15) is 5.75 Å². The lowest BCUT2D eigenvalue weighted by Crippen LogP contribution is -2.17. The van der Waals surface area contributed by atoms with E-state index < -0.39 is 6.36 Å². The van der Waals surface area contributed by atoms with E-state index in [4.69, 9.17) is 11.6 Å². The Morgan fingerprint density at radius 2 is 1.80 bits per heavy atom. The van der Waals surface area contributed by atoms with Gasteiger partial charge in [-0.1, -0.05) is 23.7 Å². The molecule has 1 aromatic heterocycles. The van der Waals surface area contributed by atoms with Gasteiger partial charge >= 0.3 is 6.36 Å². The Balaban J connectivity index is 2.44. The lowest BCUT2D eigenvalue weighted by Gasteiger charge is -2.11. The van der Waals surface area contributed by atoms with Gasteiger partial charge in [-0.2, -0.15) is 0 Å². The molecule has 0 saturated heterocycles. The van der Waals surface area contributed by atoms with Gasteiger partial charge < -0.3 is 4.74 Å². The maximum absolute atomic E-state index is 12.2. The predicted molar refractivity (Wildman–Crippen MR) is 68.6 cm³/mol. The molecule has 7 heteroatoms. The Kier molecular flexibility index (Phi) is 3.85. The monoisotopic (exact) mass is 302 g/mol. The van der Waals surface area contributed by atoms with E-state index in [1.165, 1.54) is 18.2 Å². The van der Waals surface area contributed by atoms with E-state index in [0.29, 0.717) is 11.3 Å². The van der Waals surface area contributed by atoms with Crippen LogP contribution in [0.2, 0.25) is 5.15 Å². The topological polar surface area (TPSA) is 35.0 Å². The molecule has 2 aromatic rings. The van der Waals surface area contributed by atoms with Crippen molar-refractivity contribution in [2.75, 3.05) is 0 Å². The lowest BCUT2D eigenvalue weighted by atomic mass is 10.0. The number of alkyl halides is 3. The van der Waals surface area contributed by atoms with Crippen molar-refractivity contribution in [2.24, 2.45) is 0 Å². The Labute approximate surface area is 118 Å². The van der Waals surface area contributed by atoms with Crippen molar-refractivity contribution in [3.8, 4) is 17.0 Å². The third-order valence-electron chi connectivity index (χ3n) is 2.81. The molecule has 1 aromatic carbocycles. The van der Waals surface area contributed by atoms with Crippen LogP contribution in [-0.4, -0.2) is 16.6 Å². The lowest BCUT2D eigenvalue weighted by molar-refractivity contribution is -0.274. The highest BCUT2D eigenvalue weighted by atomic mass is 35.5. The van der Waals surface area contributed by atoms with E-state index in [9.17, 15) is 13.2 Å². The van der Waals surface area contributed by atoms with Crippen molar-refractivity contribution in [2.45, 2.75) is 20.2 Å². The SMILES string of the molecule is Cc1c(Cl)nnc(-c2cccc(OC(F)(F)F)c2)c1C. The number of halogens is 4. The summed E-state index contributed by atoms with van der Waals surface area (Å²) in [5.41, 5.74) is 2.45. The molecule has 0 bridgehead atoms. The van der Waals surface area contributed by atoms with Gasteiger partial charge in [-0.05, 0) is 37.1 Å². The molecule has 3 nitrogen and oxygen atoms in total. The first-order valence-electron chi connectivity index (χ1n) is 5.63. The average Bonchev–Trinajstić information content (AvgIpc) is 2.34. The predicted octanol–water partition coefficient (Wildman–Crippen LogP) is 4.31. The van der Waals surface area contributed by atoms with Gasteiger partial charge in [0.05, 0.1) is 5.69 Å². The summed E-state index contributed by atoms with van der Waals surface area (Å²) >= 11 is 5.84. The second-order valence-corrected chi connectivity index (χ2v) is 4.52. The van der Waals surface area contributed by atoms with Gasteiger partial charge in [0.15, 0.2) is 5.15 Å². The first-order valence-corrected chi connectivity index (χ1v) is 6.01. The van der Waals surface area contributed by atoms with Crippen molar-refractivity contribution < 1.29 is 17.9 Å². The Bertz CT molecular complexity index is 644. The molecule has 0 atom stereocenters. The van der Waals surface area contributed by atoms with Gasteiger partial charge in [0, 0.05) is 5.56 Å². The van der Waals surface area contributed by atoms with Crippen molar-refractivity contribution in [3.05, 3.63) is 40.5 Å². The van der Waals surface area contributed by atoms with E-state index in [2.05, 4.69) is 14.9 Å². The Morgan fingerprint density at radius 1 is 1.10 bits per heavy atom. The summed E-state index contributed by atoms with van der Waals surface area (Å²) < 4.78 is 40.5. The smallest absolute Gasteiger partial charge is 0.406 e. The minimum absolute atomic E-state index is 0.272. The van der Waals surface area contributed by atoms with Crippen LogP contribution in [0.4, 0.5) is 13.2 Å². The summed E-state index contributed by atoms with van der Waals surface area (Å²) in [7, 11) is 0. The second-order valence-electron chi connectivity index (χ2n) is 4.17. The molecule has 0 aliphatic heterocycles. The third-order valence-corrected chi connectivity index (χ3v) is 3.17. The fourth-order valence-corrected chi connectivity index (χ4v) is 1.87. The van der Waals surface area contributed by atoms with Crippen molar-refractivity contribution in [3.63, 3.8) is 0 Å². The first-order chi connectivity index (χ1) is 9.28. The van der Waals surface area contributed by atoms with Crippen LogP contribution >= 0.6 is 11.6 Å². The maximum atomic E-state index is 12.2. The zero-order chi connectivity index (χ0) is 14.9. The molecule has 0 spiro atoms. The molecule has 2 rings (SSSR count). The normalized spacial score (nSPS) is 11.5. The average molecular weight is 303 g/mol. The molecule has 0 fully saturated rings. The molecular formula is C13H10ClF3N2O. The van der Waals surface area contributed by atoms with Crippen LogP contribution in [0, 0.1) is 13.8 Å². The molecule has 0 amide bonds. The largest absolute Gasteiger partial charge is 0.573 e. The highest BCUT2D eigenvalue weighted by Crippen LogP contribution is 2.30. The molecule has 0 aliphatic rings. The van der Waals surface area contributed by atoms with E-state index in [1.807, 2.05) is 0 Å². The molecule has 0 aliphatic carbocycles. The van der Waals surface area contributed by atoms with Gasteiger partial charge in [0.25, 0.3) is 0 Å². The molecule has 106 valence electrons. The molecule has 0 unspecified atom stereocenters. The number of nitrogens with zero attached hydrogens (tertiary/aromatic N) is 2. The molecule has 0 N–H and O–H groups in total. The standard InChI is InChI=1S/C13H10ClF3N2O/c1-7-8(2)12(14)19-18-11(7)9-4-3-5-10(6-9)20-13(15,16)17/h3-6H,1-2H3. The summed E-state index contributed by atoms with van der Waals surface area (Å²) in [6, 6.07) is 5.58. The highest BCUT2D eigenvalue weighted by Gasteiger charge is 2.31. The van der Waals surface area contributed by atoms with Crippen molar-refractivity contribution in [1.29, 1.82) is 0 Å². The van der Waals surface area contributed by atoms with E-state index in [1.54, 1.807) is 19.9 Å². The first kappa shape index (κ1) is 14.6. The van der Waals surface area contributed by atoms with Crippen LogP contribution in [0.15, 0.2) is 24.3 Å². The zero-order valence-corrected chi connectivity index (χ0v) is 11.4. The van der Waals surface area contributed by atoms with Gasteiger partial charge in [-0.3, -0.25) is 0 Å². The van der Waals surface area contributed by atoms with Crippen molar-refractivity contribution >= 4 is 11.6 Å². The van der Waals surface area contributed by atoms with Gasteiger partial charge in [-0.15, -0.1) is 23.4 Å². The molecule has 20 heavy (non-hydrogen) atoms. The Hall–Kier alpha value is -1.82. The van der Waals surface area contributed by atoms with Gasteiger partial charge in [0.2, 0.25) is 0 Å². The summed E-state index contributed by atoms with van der Waals surface area (Å²) in [6.45, 7) is 3.55. The van der Waals surface area contributed by atoms with Crippen LogP contribution in [-0.2, 0) is 0 Å². The second kappa shape index (κ2) is 5.28. The maximum Gasteiger partial charge on any atom is 0.573 e. The molecule has 0 radical (unpaired) electrons. The minimum atomic E-state index is -4.73. The number of hydrogen-bond donors (Lipinski definition) is 0. The van der Waals surface area contributed by atoms with Crippen LogP contribution in [0.5, 0.6) is 5.75 Å². The third kappa shape index (κ3) is 3.19. The zero-order valence-electron chi connectivity index (χ0n) is 10.6. The van der Waals surface area contributed by atoms with Crippen LogP contribution in [0.3, 0.4) is 0 Å². The van der Waals surface area contributed by atoms with Crippen LogP contribution < -0.4 is 4.74 Å². The summed E-state index contributed by atoms with van der Waals surface area (Å²) in [5, 5.41) is 7.97. The van der Waals surface area contributed by atoms with Crippen LogP contribution in [0.25, 0.3) is 11.3 Å². The molecular weight excluding hydrogens is 293 g/mol. The van der Waals surface area contributed by atoms with E-state index in [-0.39, 0.29) is 10.9 Å². The molecule has 1 heterocycles. The van der Waals surface area contributed by atoms with E-state index in [0.717, 1.165) is 11.1 Å². The fourth-order valence-electron chi connectivity index (χ4n) is 1.69. The number of rotatable bonds is 2. The van der Waals surface area contributed by atoms with Crippen LogP contribution in [0.1, 0.15) is 11.1 Å². The number of ether oxygens (including phenoxy) is 1. The summed E-state index contributed by atoms with van der Waals surface area (Å²) in [4.78, 5) is 0.